The molecule has 0 aliphatic carbocycles. The molecule has 0 heterocycles. The minimum absolute atomic E-state index is 0.171. The van der Waals surface area contributed by atoms with Gasteiger partial charge >= 0.3 is 0 Å². The summed E-state index contributed by atoms with van der Waals surface area (Å²) in [6.45, 7) is 8.51. The molecule has 0 bridgehead atoms. The SMILES string of the molecule is CCN(CC)S(=O)(=O)c1cccc(NC(=O)CSc2ccc(C)c(C)c2)c1. The first-order chi connectivity index (χ1) is 12.8. The molecule has 5 nitrogen and oxygen atoms in total. The number of carbonyl (C=O) groups excluding carboxylic acids is 1. The molecule has 0 saturated heterocycles. The van der Waals surface area contributed by atoms with Crippen molar-refractivity contribution in [1.82, 2.24) is 4.31 Å². The van der Waals surface area contributed by atoms with Gasteiger partial charge in [-0.25, -0.2) is 8.42 Å². The Morgan fingerprint density at radius 2 is 1.74 bits per heavy atom. The molecule has 146 valence electrons. The van der Waals surface area contributed by atoms with Crippen molar-refractivity contribution in [3.05, 3.63) is 53.6 Å². The molecule has 2 rings (SSSR count). The van der Waals surface area contributed by atoms with Crippen LogP contribution in [0.15, 0.2) is 52.3 Å². The van der Waals surface area contributed by atoms with E-state index in [1.165, 1.54) is 33.3 Å². The second-order valence-electron chi connectivity index (χ2n) is 6.20. The third kappa shape index (κ3) is 5.57. The van der Waals surface area contributed by atoms with Crippen LogP contribution in [0.4, 0.5) is 5.69 Å². The molecule has 27 heavy (non-hydrogen) atoms. The molecule has 0 aliphatic rings. The van der Waals surface area contributed by atoms with Crippen molar-refractivity contribution < 1.29 is 13.2 Å². The average molecular weight is 407 g/mol. The standard InChI is InChI=1S/C20H26N2O3S2/c1-5-22(6-2)27(24,25)19-9-7-8-17(13-19)21-20(23)14-26-18-11-10-15(3)16(4)12-18/h7-13H,5-6,14H2,1-4H3,(H,21,23). The number of amides is 1. The monoisotopic (exact) mass is 406 g/mol. The minimum Gasteiger partial charge on any atom is -0.325 e. The highest BCUT2D eigenvalue weighted by Crippen LogP contribution is 2.22. The summed E-state index contributed by atoms with van der Waals surface area (Å²) in [6, 6.07) is 12.5. The van der Waals surface area contributed by atoms with E-state index in [1.54, 1.807) is 32.0 Å². The molecule has 2 aromatic carbocycles. The van der Waals surface area contributed by atoms with Gasteiger partial charge in [0.25, 0.3) is 0 Å². The summed E-state index contributed by atoms with van der Waals surface area (Å²) in [5.74, 6) is 0.0887. The second-order valence-corrected chi connectivity index (χ2v) is 9.19. The van der Waals surface area contributed by atoms with Crippen molar-refractivity contribution in [1.29, 1.82) is 0 Å². The smallest absolute Gasteiger partial charge is 0.243 e. The molecule has 0 aromatic heterocycles. The topological polar surface area (TPSA) is 66.5 Å². The van der Waals surface area contributed by atoms with Crippen LogP contribution in [0, 0.1) is 13.8 Å². The first kappa shape index (κ1) is 21.5. The van der Waals surface area contributed by atoms with E-state index >= 15 is 0 Å². The fourth-order valence-electron chi connectivity index (χ4n) is 2.60. The van der Waals surface area contributed by atoms with Gasteiger partial charge in [0.2, 0.25) is 15.9 Å². The largest absolute Gasteiger partial charge is 0.325 e. The fourth-order valence-corrected chi connectivity index (χ4v) is 4.90. The molecular weight excluding hydrogens is 380 g/mol. The van der Waals surface area contributed by atoms with Gasteiger partial charge in [0.15, 0.2) is 0 Å². The molecule has 0 fully saturated rings. The molecule has 1 N–H and O–H groups in total. The molecule has 0 radical (unpaired) electrons. The lowest BCUT2D eigenvalue weighted by atomic mass is 10.1. The Kier molecular flexibility index (Phi) is 7.47. The summed E-state index contributed by atoms with van der Waals surface area (Å²) in [5.41, 5.74) is 2.89. The zero-order valence-corrected chi connectivity index (χ0v) is 17.8. The predicted octanol–water partition coefficient (Wildman–Crippen LogP) is 4.06. The Balaban J connectivity index is 2.05. The minimum atomic E-state index is -3.55. The number of nitrogens with one attached hydrogen (secondary N) is 1. The predicted molar refractivity (Wildman–Crippen MR) is 112 cm³/mol. The number of nitrogens with zero attached hydrogens (tertiary/aromatic N) is 1. The zero-order valence-electron chi connectivity index (χ0n) is 16.2. The molecule has 1 amide bonds. The van der Waals surface area contributed by atoms with E-state index in [1.807, 2.05) is 19.1 Å². The second kappa shape index (κ2) is 9.39. The van der Waals surface area contributed by atoms with Gasteiger partial charge in [-0.3, -0.25) is 4.79 Å². The van der Waals surface area contributed by atoms with Crippen LogP contribution < -0.4 is 5.32 Å². The lowest BCUT2D eigenvalue weighted by Crippen LogP contribution is -2.30. The lowest BCUT2D eigenvalue weighted by molar-refractivity contribution is -0.113. The van der Waals surface area contributed by atoms with Crippen LogP contribution >= 0.6 is 11.8 Å². The number of hydrogen-bond acceptors (Lipinski definition) is 4. The molecule has 0 atom stereocenters. The number of hydrogen-bond donors (Lipinski definition) is 1. The Hall–Kier alpha value is -1.83. The van der Waals surface area contributed by atoms with Crippen molar-refractivity contribution in [3.63, 3.8) is 0 Å². The number of aryl methyl sites for hydroxylation is 2. The summed E-state index contributed by atoms with van der Waals surface area (Å²) in [6.07, 6.45) is 0. The van der Waals surface area contributed by atoms with Crippen molar-refractivity contribution in [2.24, 2.45) is 0 Å². The van der Waals surface area contributed by atoms with E-state index in [2.05, 4.69) is 18.3 Å². The fraction of sp³-hybridized carbons (Fsp3) is 0.350. The third-order valence-corrected chi connectivity index (χ3v) is 7.35. The Bertz CT molecular complexity index is 907. The lowest BCUT2D eigenvalue weighted by Gasteiger charge is -2.18. The van der Waals surface area contributed by atoms with Crippen LogP contribution in [-0.2, 0) is 14.8 Å². The molecule has 2 aromatic rings. The van der Waals surface area contributed by atoms with E-state index in [9.17, 15) is 13.2 Å². The van der Waals surface area contributed by atoms with Crippen molar-refractivity contribution in [2.75, 3.05) is 24.2 Å². The maximum Gasteiger partial charge on any atom is 0.243 e. The molecule has 0 spiro atoms. The molecule has 0 unspecified atom stereocenters. The summed E-state index contributed by atoms with van der Waals surface area (Å²) in [4.78, 5) is 13.5. The van der Waals surface area contributed by atoms with E-state index in [0.29, 0.717) is 18.8 Å². The number of thioether (sulfide) groups is 1. The average Bonchev–Trinajstić information content (AvgIpc) is 2.64. The van der Waals surface area contributed by atoms with Crippen LogP contribution in [0.2, 0.25) is 0 Å². The number of sulfonamides is 1. The number of anilines is 1. The third-order valence-electron chi connectivity index (χ3n) is 4.31. The highest BCUT2D eigenvalue weighted by Gasteiger charge is 2.21. The summed E-state index contributed by atoms with van der Waals surface area (Å²) >= 11 is 1.45. The van der Waals surface area contributed by atoms with E-state index in [4.69, 9.17) is 0 Å². The van der Waals surface area contributed by atoms with Crippen LogP contribution in [0.5, 0.6) is 0 Å². The summed E-state index contributed by atoms with van der Waals surface area (Å²) < 4.78 is 26.6. The highest BCUT2D eigenvalue weighted by molar-refractivity contribution is 8.00. The zero-order chi connectivity index (χ0) is 20.0. The van der Waals surface area contributed by atoms with Gasteiger partial charge in [0.05, 0.1) is 10.6 Å². The van der Waals surface area contributed by atoms with Crippen LogP contribution in [0.25, 0.3) is 0 Å². The molecule has 7 heteroatoms. The Morgan fingerprint density at radius 3 is 2.37 bits per heavy atom. The maximum absolute atomic E-state index is 12.6. The van der Waals surface area contributed by atoms with Gasteiger partial charge < -0.3 is 5.32 Å². The van der Waals surface area contributed by atoms with E-state index < -0.39 is 10.0 Å². The first-order valence-electron chi connectivity index (χ1n) is 8.88. The van der Waals surface area contributed by atoms with Gasteiger partial charge in [-0.05, 0) is 55.3 Å². The van der Waals surface area contributed by atoms with Crippen molar-refractivity contribution >= 4 is 33.4 Å². The van der Waals surface area contributed by atoms with Gasteiger partial charge in [0, 0.05) is 23.7 Å². The van der Waals surface area contributed by atoms with Gasteiger partial charge in [0.1, 0.15) is 0 Å². The quantitative estimate of drug-likeness (QED) is 0.671. The molecule has 0 saturated carbocycles. The summed E-state index contributed by atoms with van der Waals surface area (Å²) in [7, 11) is -3.55. The number of carbonyl (C=O) groups is 1. The normalized spacial score (nSPS) is 11.6. The van der Waals surface area contributed by atoms with Gasteiger partial charge in [-0.1, -0.05) is 26.0 Å². The van der Waals surface area contributed by atoms with Gasteiger partial charge in [-0.15, -0.1) is 11.8 Å². The van der Waals surface area contributed by atoms with Crippen LogP contribution in [0.1, 0.15) is 25.0 Å². The number of rotatable bonds is 8. The Labute approximate surface area is 166 Å². The van der Waals surface area contributed by atoms with Crippen LogP contribution in [-0.4, -0.2) is 37.5 Å². The maximum atomic E-state index is 12.6. The number of benzene rings is 2. The van der Waals surface area contributed by atoms with E-state index in [0.717, 1.165) is 4.90 Å². The van der Waals surface area contributed by atoms with E-state index in [-0.39, 0.29) is 16.6 Å². The van der Waals surface area contributed by atoms with Gasteiger partial charge in [-0.2, -0.15) is 4.31 Å². The van der Waals surface area contributed by atoms with Crippen LogP contribution in [0.3, 0.4) is 0 Å². The van der Waals surface area contributed by atoms with Crippen molar-refractivity contribution in [3.8, 4) is 0 Å². The Morgan fingerprint density at radius 1 is 1.04 bits per heavy atom. The molecule has 0 aliphatic heterocycles. The highest BCUT2D eigenvalue weighted by atomic mass is 32.2. The van der Waals surface area contributed by atoms with Crippen molar-refractivity contribution in [2.45, 2.75) is 37.5 Å². The molecular formula is C20H26N2O3S2. The first-order valence-corrected chi connectivity index (χ1v) is 11.3. The summed E-state index contributed by atoms with van der Waals surface area (Å²) in [5, 5.41) is 2.78.